The van der Waals surface area contributed by atoms with Crippen LogP contribution in [-0.4, -0.2) is 37.1 Å². The number of hydrogen-bond donors (Lipinski definition) is 1. The predicted octanol–water partition coefficient (Wildman–Crippen LogP) is 4.86. The number of H-pyrrole nitrogens is 1. The first-order valence-electron chi connectivity index (χ1n) is 9.96. The van der Waals surface area contributed by atoms with Crippen molar-refractivity contribution in [3.8, 4) is 17.6 Å². The minimum atomic E-state index is -3.35. The quantitative estimate of drug-likeness (QED) is 0.414. The van der Waals surface area contributed by atoms with E-state index in [0.29, 0.717) is 33.8 Å². The van der Waals surface area contributed by atoms with Crippen molar-refractivity contribution < 1.29 is 17.9 Å². The highest BCUT2D eigenvalue weighted by molar-refractivity contribution is 7.90. The molecule has 0 aliphatic carbocycles. The lowest BCUT2D eigenvalue weighted by Gasteiger charge is -2.27. The van der Waals surface area contributed by atoms with E-state index < -0.39 is 15.3 Å². The van der Waals surface area contributed by atoms with Crippen LogP contribution in [0.15, 0.2) is 47.6 Å². The normalized spacial score (nSPS) is 11.8. The maximum absolute atomic E-state index is 11.5. The van der Waals surface area contributed by atoms with Crippen molar-refractivity contribution in [1.82, 2.24) is 9.97 Å². The topological polar surface area (TPSA) is 105 Å². The number of ether oxygens (including phenoxy) is 2. The van der Waals surface area contributed by atoms with E-state index >= 15 is 0 Å². The van der Waals surface area contributed by atoms with Gasteiger partial charge in [-0.15, -0.1) is 11.6 Å². The summed E-state index contributed by atoms with van der Waals surface area (Å²) in [5, 5.41) is 9.96. The number of sulfone groups is 1. The van der Waals surface area contributed by atoms with E-state index in [1.54, 1.807) is 12.1 Å². The zero-order chi connectivity index (χ0) is 24.2. The molecule has 0 spiro atoms. The molecule has 3 aromatic rings. The summed E-state index contributed by atoms with van der Waals surface area (Å²) < 4.78 is 34.3. The Bertz CT molecular complexity index is 1280. The van der Waals surface area contributed by atoms with E-state index in [4.69, 9.17) is 32.7 Å². The molecule has 174 valence electrons. The van der Waals surface area contributed by atoms with Crippen molar-refractivity contribution in [1.29, 1.82) is 5.26 Å². The molecule has 10 heteroatoms. The van der Waals surface area contributed by atoms with Crippen LogP contribution in [0.4, 0.5) is 0 Å². The van der Waals surface area contributed by atoms with Gasteiger partial charge in [0.05, 0.1) is 22.7 Å². The Kier molecular flexibility index (Phi) is 7.58. The third-order valence-electron chi connectivity index (χ3n) is 5.17. The van der Waals surface area contributed by atoms with Gasteiger partial charge in [0, 0.05) is 11.7 Å². The molecule has 0 unspecified atom stereocenters. The zero-order valence-corrected chi connectivity index (χ0v) is 20.7. The molecule has 7 nitrogen and oxygen atoms in total. The van der Waals surface area contributed by atoms with Gasteiger partial charge in [0.2, 0.25) is 0 Å². The SMILES string of the molecule is CC(C)(c1ccc(OCc2ncc(S(C)(=O)=O)[nH]2)cc1)c1cc(Cl)c(OCCCl)c(C#N)c1. The smallest absolute Gasteiger partial charge is 0.192 e. The molecule has 2 aromatic carbocycles. The lowest BCUT2D eigenvalue weighted by Crippen LogP contribution is -2.19. The number of aromatic nitrogens is 2. The minimum Gasteiger partial charge on any atom is -0.489 e. The van der Waals surface area contributed by atoms with Crippen molar-refractivity contribution >= 4 is 33.0 Å². The van der Waals surface area contributed by atoms with Crippen LogP contribution in [-0.2, 0) is 21.9 Å². The largest absolute Gasteiger partial charge is 0.489 e. The summed E-state index contributed by atoms with van der Waals surface area (Å²) in [4.78, 5) is 6.76. The summed E-state index contributed by atoms with van der Waals surface area (Å²) in [6.45, 7) is 4.42. The zero-order valence-electron chi connectivity index (χ0n) is 18.4. The number of nitrogens with zero attached hydrogens (tertiary/aromatic N) is 2. The molecule has 0 aliphatic rings. The first-order chi connectivity index (χ1) is 15.6. The molecule has 0 bridgehead atoms. The predicted molar refractivity (Wildman–Crippen MR) is 127 cm³/mol. The molecule has 3 rings (SSSR count). The van der Waals surface area contributed by atoms with E-state index in [1.165, 1.54) is 6.20 Å². The number of imidazole rings is 1. The first-order valence-corrected chi connectivity index (χ1v) is 12.8. The number of benzene rings is 2. The van der Waals surface area contributed by atoms with Gasteiger partial charge in [0.15, 0.2) is 20.6 Å². The fraction of sp³-hybridized carbons (Fsp3) is 0.304. The van der Waals surface area contributed by atoms with Gasteiger partial charge in [-0.05, 0) is 35.4 Å². The fourth-order valence-electron chi connectivity index (χ4n) is 3.22. The third kappa shape index (κ3) is 5.80. The van der Waals surface area contributed by atoms with Crippen LogP contribution in [0.1, 0.15) is 36.4 Å². The second-order valence-electron chi connectivity index (χ2n) is 7.89. The Balaban J connectivity index is 1.77. The molecule has 0 radical (unpaired) electrons. The summed E-state index contributed by atoms with van der Waals surface area (Å²) in [5.41, 5.74) is 1.74. The molecule has 1 aromatic heterocycles. The van der Waals surface area contributed by atoms with Crippen molar-refractivity contribution in [2.75, 3.05) is 18.7 Å². The molecule has 1 N–H and O–H groups in total. The van der Waals surface area contributed by atoms with Crippen molar-refractivity contribution in [2.24, 2.45) is 0 Å². The average molecular weight is 508 g/mol. The molecule has 33 heavy (non-hydrogen) atoms. The number of nitriles is 1. The maximum Gasteiger partial charge on any atom is 0.192 e. The number of hydrogen-bond acceptors (Lipinski definition) is 6. The van der Waals surface area contributed by atoms with Crippen LogP contribution in [0.2, 0.25) is 5.02 Å². The Hall–Kier alpha value is -2.73. The molecule has 0 amide bonds. The summed E-state index contributed by atoms with van der Waals surface area (Å²) in [6.07, 6.45) is 2.38. The molecule has 1 heterocycles. The second kappa shape index (κ2) is 10.0. The number of halogens is 2. The Morgan fingerprint density at radius 1 is 1.15 bits per heavy atom. The van der Waals surface area contributed by atoms with Crippen LogP contribution in [0, 0.1) is 11.3 Å². The van der Waals surface area contributed by atoms with E-state index in [0.717, 1.165) is 17.4 Å². The molecular formula is C23H23Cl2N3O4S. The summed E-state index contributed by atoms with van der Waals surface area (Å²) >= 11 is 12.1. The maximum atomic E-state index is 11.5. The summed E-state index contributed by atoms with van der Waals surface area (Å²) in [6, 6.07) is 13.2. The highest BCUT2D eigenvalue weighted by atomic mass is 35.5. The Labute approximate surface area is 203 Å². The Morgan fingerprint density at radius 2 is 1.85 bits per heavy atom. The van der Waals surface area contributed by atoms with Gasteiger partial charge in [-0.2, -0.15) is 5.26 Å². The van der Waals surface area contributed by atoms with Crippen molar-refractivity contribution in [2.45, 2.75) is 30.9 Å². The van der Waals surface area contributed by atoms with Crippen molar-refractivity contribution in [3.63, 3.8) is 0 Å². The highest BCUT2D eigenvalue weighted by Gasteiger charge is 2.26. The van der Waals surface area contributed by atoms with E-state index in [1.807, 2.05) is 38.1 Å². The fourth-order valence-corrected chi connectivity index (χ4v) is 4.11. The van der Waals surface area contributed by atoms with E-state index in [-0.39, 0.29) is 18.2 Å². The van der Waals surface area contributed by atoms with Crippen molar-refractivity contribution in [3.05, 3.63) is 70.1 Å². The van der Waals surface area contributed by atoms with Crippen LogP contribution < -0.4 is 9.47 Å². The van der Waals surface area contributed by atoms with Gasteiger partial charge < -0.3 is 14.5 Å². The van der Waals surface area contributed by atoms with Gasteiger partial charge >= 0.3 is 0 Å². The van der Waals surface area contributed by atoms with E-state index in [2.05, 4.69) is 16.0 Å². The summed E-state index contributed by atoms with van der Waals surface area (Å²) in [5.74, 6) is 1.64. The van der Waals surface area contributed by atoms with Crippen LogP contribution >= 0.6 is 23.2 Å². The molecule has 0 saturated heterocycles. The van der Waals surface area contributed by atoms with Crippen LogP contribution in [0.5, 0.6) is 11.5 Å². The standard InChI is InChI=1S/C23H23Cl2N3O4S/c1-23(2,17-10-15(12-26)22(19(25)11-17)31-9-8-24)16-4-6-18(7-5-16)32-14-20-27-13-21(28-20)33(3,29)30/h4-7,10-11,13H,8-9,14H2,1-3H3,(H,27,28). The number of aromatic amines is 1. The molecule has 0 saturated carbocycles. The van der Waals surface area contributed by atoms with Gasteiger partial charge in [-0.3, -0.25) is 0 Å². The van der Waals surface area contributed by atoms with E-state index in [9.17, 15) is 13.7 Å². The lowest BCUT2D eigenvalue weighted by molar-refractivity contribution is 0.296. The minimum absolute atomic E-state index is 0.0488. The number of alkyl halides is 1. The second-order valence-corrected chi connectivity index (χ2v) is 10.7. The monoisotopic (exact) mass is 507 g/mol. The van der Waals surface area contributed by atoms with Crippen LogP contribution in [0.25, 0.3) is 0 Å². The summed E-state index contributed by atoms with van der Waals surface area (Å²) in [7, 11) is -3.35. The molecular weight excluding hydrogens is 485 g/mol. The van der Waals surface area contributed by atoms with Gasteiger partial charge in [-0.25, -0.2) is 13.4 Å². The molecule has 0 fully saturated rings. The highest BCUT2D eigenvalue weighted by Crippen LogP contribution is 2.38. The van der Waals surface area contributed by atoms with Gasteiger partial charge in [0.25, 0.3) is 0 Å². The average Bonchev–Trinajstić information content (AvgIpc) is 3.26. The number of rotatable bonds is 9. The van der Waals surface area contributed by atoms with Crippen LogP contribution in [0.3, 0.4) is 0 Å². The van der Waals surface area contributed by atoms with Gasteiger partial charge in [0.1, 0.15) is 30.9 Å². The molecule has 0 aliphatic heterocycles. The first kappa shape index (κ1) is 24.9. The lowest BCUT2D eigenvalue weighted by atomic mass is 9.77. The Morgan fingerprint density at radius 3 is 2.42 bits per heavy atom. The number of nitrogens with one attached hydrogen (secondary N) is 1. The molecule has 0 atom stereocenters. The third-order valence-corrected chi connectivity index (χ3v) is 6.61. The van der Waals surface area contributed by atoms with Gasteiger partial charge in [-0.1, -0.05) is 37.6 Å².